The molecular weight excluding hydrogens is 226 g/mol. The summed E-state index contributed by atoms with van der Waals surface area (Å²) in [6.45, 7) is 2.87. The number of carbonyl (C=O) groups excluding carboxylic acids is 1. The first-order valence-corrected chi connectivity index (χ1v) is 6.57. The van der Waals surface area contributed by atoms with Gasteiger partial charge in [0.2, 0.25) is 5.91 Å². The van der Waals surface area contributed by atoms with Gasteiger partial charge in [-0.1, -0.05) is 24.3 Å². The zero-order valence-electron chi connectivity index (χ0n) is 10.9. The minimum absolute atomic E-state index is 0.00166. The molecule has 18 heavy (non-hydrogen) atoms. The van der Waals surface area contributed by atoms with Crippen molar-refractivity contribution in [2.75, 3.05) is 13.2 Å². The van der Waals surface area contributed by atoms with E-state index < -0.39 is 0 Å². The van der Waals surface area contributed by atoms with Gasteiger partial charge in [-0.2, -0.15) is 0 Å². The van der Waals surface area contributed by atoms with Crippen LogP contribution in [0.5, 0.6) is 0 Å². The molecule has 98 valence electrons. The predicted molar refractivity (Wildman–Crippen MR) is 71.3 cm³/mol. The number of amides is 1. The molecule has 2 N–H and O–H groups in total. The van der Waals surface area contributed by atoms with Gasteiger partial charge in [0.25, 0.3) is 0 Å². The third-order valence-corrected chi connectivity index (χ3v) is 3.84. The van der Waals surface area contributed by atoms with Crippen molar-refractivity contribution in [2.24, 2.45) is 5.41 Å². The molecule has 1 aromatic rings. The lowest BCUT2D eigenvalue weighted by atomic mass is 10.0. The molecule has 3 nitrogen and oxygen atoms in total. The highest BCUT2D eigenvalue weighted by Gasteiger charge is 2.41. The second-order valence-electron chi connectivity index (χ2n) is 5.36. The normalized spacial score (nSPS) is 16.3. The summed E-state index contributed by atoms with van der Waals surface area (Å²) in [6.07, 6.45) is 3.36. The summed E-state index contributed by atoms with van der Waals surface area (Å²) < 4.78 is 0. The van der Waals surface area contributed by atoms with Crippen molar-refractivity contribution in [1.82, 2.24) is 5.32 Å². The second-order valence-corrected chi connectivity index (χ2v) is 5.36. The monoisotopic (exact) mass is 247 g/mol. The molecule has 0 aromatic heterocycles. The molecule has 1 aliphatic carbocycles. The van der Waals surface area contributed by atoms with Crippen molar-refractivity contribution >= 4 is 5.91 Å². The average molecular weight is 247 g/mol. The van der Waals surface area contributed by atoms with Gasteiger partial charge in [0.05, 0.1) is 6.61 Å². The van der Waals surface area contributed by atoms with Crippen molar-refractivity contribution in [3.05, 3.63) is 35.4 Å². The standard InChI is InChI=1S/C15H21NO2/c1-12-4-2-3-5-13(12)6-7-14(18)16-10-15(11-17)8-9-15/h2-5,17H,6-11H2,1H3,(H,16,18). The molecule has 0 spiro atoms. The van der Waals surface area contributed by atoms with Crippen LogP contribution in [0.3, 0.4) is 0 Å². The van der Waals surface area contributed by atoms with Crippen LogP contribution in [0.2, 0.25) is 0 Å². The van der Waals surface area contributed by atoms with Gasteiger partial charge < -0.3 is 10.4 Å². The smallest absolute Gasteiger partial charge is 0.220 e. The number of aryl methyl sites for hydroxylation is 2. The largest absolute Gasteiger partial charge is 0.396 e. The molecular formula is C15H21NO2. The van der Waals surface area contributed by atoms with E-state index in [0.717, 1.165) is 19.3 Å². The van der Waals surface area contributed by atoms with Crippen LogP contribution in [-0.4, -0.2) is 24.2 Å². The number of nitrogens with one attached hydrogen (secondary N) is 1. The molecule has 0 atom stereocenters. The Morgan fingerprint density at radius 3 is 2.72 bits per heavy atom. The summed E-state index contributed by atoms with van der Waals surface area (Å²) in [5.41, 5.74) is 2.47. The molecule has 0 bridgehead atoms. The molecule has 1 fully saturated rings. The van der Waals surface area contributed by atoms with Crippen LogP contribution in [0.1, 0.15) is 30.4 Å². The summed E-state index contributed by atoms with van der Waals surface area (Å²) in [7, 11) is 0. The molecule has 0 aliphatic heterocycles. The lowest BCUT2D eigenvalue weighted by Gasteiger charge is -2.12. The molecule has 1 amide bonds. The van der Waals surface area contributed by atoms with Gasteiger partial charge in [-0.25, -0.2) is 0 Å². The van der Waals surface area contributed by atoms with Crippen molar-refractivity contribution in [3.8, 4) is 0 Å². The summed E-state index contributed by atoms with van der Waals surface area (Å²) in [5, 5.41) is 12.1. The fourth-order valence-electron chi connectivity index (χ4n) is 2.08. The average Bonchev–Trinajstić information content (AvgIpc) is 3.16. The topological polar surface area (TPSA) is 49.3 Å². The quantitative estimate of drug-likeness (QED) is 0.805. The first-order valence-electron chi connectivity index (χ1n) is 6.57. The maximum atomic E-state index is 11.7. The number of benzene rings is 1. The molecule has 1 saturated carbocycles. The predicted octanol–water partition coefficient (Wildman–Crippen LogP) is 1.82. The van der Waals surface area contributed by atoms with Crippen molar-refractivity contribution in [1.29, 1.82) is 0 Å². The molecule has 3 heteroatoms. The Labute approximate surface area is 108 Å². The van der Waals surface area contributed by atoms with Gasteiger partial charge in [-0.05, 0) is 37.3 Å². The Balaban J connectivity index is 1.74. The van der Waals surface area contributed by atoms with E-state index in [-0.39, 0.29) is 17.9 Å². The Bertz CT molecular complexity index is 424. The number of carbonyl (C=O) groups is 1. The van der Waals surface area contributed by atoms with Crippen molar-refractivity contribution in [2.45, 2.75) is 32.6 Å². The lowest BCUT2D eigenvalue weighted by molar-refractivity contribution is -0.121. The Morgan fingerprint density at radius 2 is 2.11 bits per heavy atom. The van der Waals surface area contributed by atoms with Crippen molar-refractivity contribution < 1.29 is 9.90 Å². The van der Waals surface area contributed by atoms with Crippen LogP contribution in [0.25, 0.3) is 0 Å². The lowest BCUT2D eigenvalue weighted by Crippen LogP contribution is -2.31. The van der Waals surface area contributed by atoms with Gasteiger partial charge >= 0.3 is 0 Å². The number of rotatable bonds is 6. The van der Waals surface area contributed by atoms with Crippen LogP contribution in [-0.2, 0) is 11.2 Å². The summed E-state index contributed by atoms with van der Waals surface area (Å²) in [5.74, 6) is 0.0815. The molecule has 0 heterocycles. The summed E-state index contributed by atoms with van der Waals surface area (Å²) >= 11 is 0. The minimum atomic E-state index is -0.00166. The molecule has 2 rings (SSSR count). The van der Waals surface area contributed by atoms with E-state index >= 15 is 0 Å². The maximum Gasteiger partial charge on any atom is 0.220 e. The number of aliphatic hydroxyl groups is 1. The van der Waals surface area contributed by atoms with E-state index in [1.54, 1.807) is 0 Å². The fourth-order valence-corrected chi connectivity index (χ4v) is 2.08. The highest BCUT2D eigenvalue weighted by atomic mass is 16.3. The Hall–Kier alpha value is -1.35. The Kier molecular flexibility index (Phi) is 4.02. The summed E-state index contributed by atoms with van der Waals surface area (Å²) in [6, 6.07) is 8.15. The van der Waals surface area contributed by atoms with Crippen molar-refractivity contribution in [3.63, 3.8) is 0 Å². The first kappa shape index (κ1) is 13.1. The second kappa shape index (κ2) is 5.53. The van der Waals surface area contributed by atoms with Crippen LogP contribution in [0.15, 0.2) is 24.3 Å². The minimum Gasteiger partial charge on any atom is -0.396 e. The molecule has 0 radical (unpaired) electrons. The third-order valence-electron chi connectivity index (χ3n) is 3.84. The van der Waals surface area contributed by atoms with Gasteiger partial charge in [0, 0.05) is 18.4 Å². The summed E-state index contributed by atoms with van der Waals surface area (Å²) in [4.78, 5) is 11.7. The van der Waals surface area contributed by atoms with Gasteiger partial charge in [0.15, 0.2) is 0 Å². The highest BCUT2D eigenvalue weighted by Crippen LogP contribution is 2.44. The highest BCUT2D eigenvalue weighted by molar-refractivity contribution is 5.76. The van der Waals surface area contributed by atoms with Crippen LogP contribution in [0, 0.1) is 12.3 Å². The number of hydrogen-bond acceptors (Lipinski definition) is 2. The maximum absolute atomic E-state index is 11.7. The van der Waals surface area contributed by atoms with E-state index in [1.165, 1.54) is 11.1 Å². The van der Waals surface area contributed by atoms with Gasteiger partial charge in [0.1, 0.15) is 0 Å². The van der Waals surface area contributed by atoms with Crippen LogP contribution in [0.4, 0.5) is 0 Å². The zero-order valence-corrected chi connectivity index (χ0v) is 10.9. The number of hydrogen-bond donors (Lipinski definition) is 2. The van der Waals surface area contributed by atoms with Gasteiger partial charge in [-0.15, -0.1) is 0 Å². The van der Waals surface area contributed by atoms with E-state index in [2.05, 4.69) is 24.4 Å². The molecule has 1 aliphatic rings. The molecule has 1 aromatic carbocycles. The van der Waals surface area contributed by atoms with Crippen LogP contribution >= 0.6 is 0 Å². The fraction of sp³-hybridized carbons (Fsp3) is 0.533. The first-order chi connectivity index (χ1) is 8.65. The van der Waals surface area contributed by atoms with E-state index in [9.17, 15) is 4.79 Å². The van der Waals surface area contributed by atoms with E-state index in [4.69, 9.17) is 5.11 Å². The number of aliphatic hydroxyl groups excluding tert-OH is 1. The third kappa shape index (κ3) is 3.33. The van der Waals surface area contributed by atoms with Crippen LogP contribution < -0.4 is 5.32 Å². The van der Waals surface area contributed by atoms with Gasteiger partial charge in [-0.3, -0.25) is 4.79 Å². The zero-order chi connectivity index (χ0) is 13.0. The van der Waals surface area contributed by atoms with E-state index in [0.29, 0.717) is 13.0 Å². The van der Waals surface area contributed by atoms with E-state index in [1.807, 2.05) is 12.1 Å². The molecule has 0 saturated heterocycles. The molecule has 0 unspecified atom stereocenters. The Morgan fingerprint density at radius 1 is 1.39 bits per heavy atom. The SMILES string of the molecule is Cc1ccccc1CCC(=O)NCC1(CO)CC1.